The Morgan fingerprint density at radius 2 is 1.89 bits per heavy atom. The second-order valence-electron chi connectivity index (χ2n) is 5.03. The largest absolute Gasteiger partial charge is 0.475 e. The number of carbonyl (C=O) groups is 1. The first-order valence-electron chi connectivity index (χ1n) is 6.95. The highest BCUT2D eigenvalue weighted by molar-refractivity contribution is 5.85. The smallest absolute Gasteiger partial charge is 0.373 e. The number of aryl methyl sites for hydroxylation is 1. The van der Waals surface area contributed by atoms with Crippen LogP contribution in [0.15, 0.2) is 4.42 Å². The van der Waals surface area contributed by atoms with Gasteiger partial charge in [0.1, 0.15) is 0 Å². The quantitative estimate of drug-likeness (QED) is 0.888. The Bertz CT molecular complexity index is 403. The van der Waals surface area contributed by atoms with Crippen LogP contribution in [0.4, 0.5) is 0 Å². The molecular formula is C14H21NO3. The molecule has 1 aromatic rings. The number of aromatic carboxylic acids is 1. The summed E-state index contributed by atoms with van der Waals surface area (Å²) in [6.07, 6.45) is 8.99. The van der Waals surface area contributed by atoms with Crippen molar-refractivity contribution in [1.29, 1.82) is 0 Å². The lowest BCUT2D eigenvalue weighted by Gasteiger charge is -2.16. The van der Waals surface area contributed by atoms with E-state index in [0.29, 0.717) is 23.9 Å². The van der Waals surface area contributed by atoms with Crippen molar-refractivity contribution in [1.82, 2.24) is 4.98 Å². The molecule has 0 amide bonds. The highest BCUT2D eigenvalue weighted by Gasteiger charge is 2.24. The Labute approximate surface area is 107 Å². The van der Waals surface area contributed by atoms with E-state index in [4.69, 9.17) is 9.52 Å². The molecule has 1 saturated carbocycles. The molecule has 1 N–H and O–H groups in total. The lowest BCUT2D eigenvalue weighted by Crippen LogP contribution is -2.02. The summed E-state index contributed by atoms with van der Waals surface area (Å²) in [4.78, 5) is 15.5. The zero-order chi connectivity index (χ0) is 13.0. The van der Waals surface area contributed by atoms with Crippen molar-refractivity contribution in [2.45, 2.75) is 64.2 Å². The van der Waals surface area contributed by atoms with Crippen molar-refractivity contribution in [3.63, 3.8) is 0 Å². The zero-order valence-electron chi connectivity index (χ0n) is 10.9. The van der Waals surface area contributed by atoms with Gasteiger partial charge in [0.2, 0.25) is 5.76 Å². The van der Waals surface area contributed by atoms with Gasteiger partial charge >= 0.3 is 5.97 Å². The van der Waals surface area contributed by atoms with E-state index in [2.05, 4.69) is 4.98 Å². The maximum atomic E-state index is 11.1. The summed E-state index contributed by atoms with van der Waals surface area (Å²) in [5.74, 6) is -0.0131. The molecule has 18 heavy (non-hydrogen) atoms. The Hall–Kier alpha value is -1.32. The van der Waals surface area contributed by atoms with Gasteiger partial charge in [-0.05, 0) is 19.3 Å². The molecule has 1 heterocycles. The molecule has 4 heteroatoms. The summed E-state index contributed by atoms with van der Waals surface area (Å²) < 4.78 is 5.49. The maximum absolute atomic E-state index is 11.1. The molecule has 0 radical (unpaired) electrons. The monoisotopic (exact) mass is 251 g/mol. The van der Waals surface area contributed by atoms with Crippen molar-refractivity contribution in [3.05, 3.63) is 17.3 Å². The molecule has 0 bridgehead atoms. The summed E-state index contributed by atoms with van der Waals surface area (Å²) in [5.41, 5.74) is 0.583. The molecule has 4 nitrogen and oxygen atoms in total. The van der Waals surface area contributed by atoms with Crippen LogP contribution >= 0.6 is 0 Å². The fraction of sp³-hybridized carbons (Fsp3) is 0.714. The molecule has 0 atom stereocenters. The van der Waals surface area contributed by atoms with E-state index in [1.54, 1.807) is 0 Å². The third-order valence-electron chi connectivity index (χ3n) is 3.70. The molecular weight excluding hydrogens is 230 g/mol. The van der Waals surface area contributed by atoms with Crippen LogP contribution < -0.4 is 0 Å². The number of hydrogen-bond acceptors (Lipinski definition) is 3. The third kappa shape index (κ3) is 2.92. The molecule has 0 spiro atoms. The molecule has 2 rings (SSSR count). The van der Waals surface area contributed by atoms with Gasteiger partial charge in [-0.2, -0.15) is 0 Å². The number of oxazole rings is 1. The maximum Gasteiger partial charge on any atom is 0.373 e. The van der Waals surface area contributed by atoms with Gasteiger partial charge < -0.3 is 9.52 Å². The Balaban J connectivity index is 2.18. The molecule has 1 aromatic heterocycles. The number of hydrogen-bond donors (Lipinski definition) is 1. The molecule has 0 unspecified atom stereocenters. The molecule has 0 aliphatic heterocycles. The van der Waals surface area contributed by atoms with Crippen molar-refractivity contribution < 1.29 is 14.3 Å². The van der Waals surface area contributed by atoms with Gasteiger partial charge in [0, 0.05) is 5.92 Å². The van der Waals surface area contributed by atoms with E-state index in [1.165, 1.54) is 32.1 Å². The minimum absolute atomic E-state index is 0.0366. The third-order valence-corrected chi connectivity index (χ3v) is 3.70. The van der Waals surface area contributed by atoms with Crippen molar-refractivity contribution in [2.75, 3.05) is 0 Å². The Morgan fingerprint density at radius 1 is 1.28 bits per heavy atom. The van der Waals surface area contributed by atoms with Crippen LogP contribution in [0, 0.1) is 0 Å². The van der Waals surface area contributed by atoms with Gasteiger partial charge in [0.15, 0.2) is 5.89 Å². The van der Waals surface area contributed by atoms with Crippen molar-refractivity contribution >= 4 is 5.97 Å². The fourth-order valence-corrected chi connectivity index (χ4v) is 2.65. The summed E-state index contributed by atoms with van der Waals surface area (Å²) in [5, 5.41) is 9.08. The van der Waals surface area contributed by atoms with E-state index < -0.39 is 5.97 Å². The molecule has 1 aliphatic carbocycles. The predicted octanol–water partition coefficient (Wildman–Crippen LogP) is 3.76. The first-order chi connectivity index (χ1) is 8.72. The van der Waals surface area contributed by atoms with E-state index >= 15 is 0 Å². The average Bonchev–Trinajstić information content (AvgIpc) is 2.72. The number of carboxylic acids is 1. The van der Waals surface area contributed by atoms with Gasteiger partial charge in [-0.25, -0.2) is 9.78 Å². The highest BCUT2D eigenvalue weighted by Crippen LogP contribution is 2.31. The summed E-state index contributed by atoms with van der Waals surface area (Å²) in [7, 11) is 0. The standard InChI is InChI=1S/C14H21NO3/c1-2-11-12(14(16)17)18-13(15-11)10-8-6-4-3-5-7-9-10/h10H,2-9H2,1H3,(H,16,17). The first kappa shape index (κ1) is 13.1. The van der Waals surface area contributed by atoms with Gasteiger partial charge in [0.05, 0.1) is 5.69 Å². The normalized spacial score (nSPS) is 18.3. The molecule has 100 valence electrons. The average molecular weight is 251 g/mol. The minimum atomic E-state index is -1.00. The van der Waals surface area contributed by atoms with E-state index in [-0.39, 0.29) is 5.76 Å². The number of carboxylic acid groups (broad SMARTS) is 1. The SMILES string of the molecule is CCc1nc(C2CCCCCCC2)oc1C(=O)O. The second kappa shape index (κ2) is 6.03. The van der Waals surface area contributed by atoms with Crippen LogP contribution in [0.5, 0.6) is 0 Å². The molecule has 0 aromatic carbocycles. The summed E-state index contributed by atoms with van der Waals surface area (Å²) in [6.45, 7) is 1.91. The van der Waals surface area contributed by atoms with Gasteiger partial charge in [0.25, 0.3) is 0 Å². The van der Waals surface area contributed by atoms with Crippen LogP contribution in [-0.4, -0.2) is 16.1 Å². The zero-order valence-corrected chi connectivity index (χ0v) is 10.9. The number of nitrogens with zero attached hydrogens (tertiary/aromatic N) is 1. The Kier molecular flexibility index (Phi) is 4.39. The van der Waals surface area contributed by atoms with Crippen LogP contribution in [0.3, 0.4) is 0 Å². The van der Waals surface area contributed by atoms with Crippen LogP contribution in [0.25, 0.3) is 0 Å². The van der Waals surface area contributed by atoms with Crippen molar-refractivity contribution in [3.8, 4) is 0 Å². The summed E-state index contributed by atoms with van der Waals surface area (Å²) >= 11 is 0. The van der Waals surface area contributed by atoms with E-state index in [1.807, 2.05) is 6.92 Å². The predicted molar refractivity (Wildman–Crippen MR) is 67.9 cm³/mol. The fourth-order valence-electron chi connectivity index (χ4n) is 2.65. The second-order valence-corrected chi connectivity index (χ2v) is 5.03. The van der Waals surface area contributed by atoms with Gasteiger partial charge in [-0.1, -0.05) is 39.0 Å². The topological polar surface area (TPSA) is 63.3 Å². The number of aromatic nitrogens is 1. The van der Waals surface area contributed by atoms with Gasteiger partial charge in [-0.3, -0.25) is 0 Å². The van der Waals surface area contributed by atoms with E-state index in [0.717, 1.165) is 12.8 Å². The van der Waals surface area contributed by atoms with Crippen LogP contribution in [0.1, 0.15) is 79.9 Å². The van der Waals surface area contributed by atoms with Gasteiger partial charge in [-0.15, -0.1) is 0 Å². The molecule has 0 saturated heterocycles. The van der Waals surface area contributed by atoms with Crippen molar-refractivity contribution in [2.24, 2.45) is 0 Å². The van der Waals surface area contributed by atoms with Crippen LogP contribution in [-0.2, 0) is 6.42 Å². The minimum Gasteiger partial charge on any atom is -0.475 e. The first-order valence-corrected chi connectivity index (χ1v) is 6.95. The molecule has 1 fully saturated rings. The summed E-state index contributed by atoms with van der Waals surface area (Å²) in [6, 6.07) is 0. The lowest BCUT2D eigenvalue weighted by atomic mass is 9.91. The molecule has 1 aliphatic rings. The Morgan fingerprint density at radius 3 is 2.39 bits per heavy atom. The van der Waals surface area contributed by atoms with E-state index in [9.17, 15) is 4.79 Å². The van der Waals surface area contributed by atoms with Crippen LogP contribution in [0.2, 0.25) is 0 Å². The lowest BCUT2D eigenvalue weighted by molar-refractivity contribution is 0.0657. The highest BCUT2D eigenvalue weighted by atomic mass is 16.4. The number of rotatable bonds is 3.